The smallest absolute Gasteiger partial charge is 0.182 e. The highest BCUT2D eigenvalue weighted by Gasteiger charge is 2.13. The number of nitrogens with one attached hydrogen (secondary N) is 2. The maximum atomic E-state index is 8.83. The summed E-state index contributed by atoms with van der Waals surface area (Å²) in [5.41, 5.74) is 0.368. The van der Waals surface area contributed by atoms with Crippen LogP contribution in [0.5, 0.6) is 0 Å². The van der Waals surface area contributed by atoms with E-state index in [1.807, 2.05) is 6.07 Å². The van der Waals surface area contributed by atoms with Crippen molar-refractivity contribution in [1.82, 2.24) is 15.3 Å². The summed E-state index contributed by atoms with van der Waals surface area (Å²) in [5.74, 6) is 1.34. The van der Waals surface area contributed by atoms with Crippen LogP contribution in [0, 0.1) is 17.2 Å². The molecule has 1 aliphatic rings. The highest BCUT2D eigenvalue weighted by Crippen LogP contribution is 2.13. The van der Waals surface area contributed by atoms with E-state index in [0.717, 1.165) is 32.0 Å². The number of nitrogens with zero attached hydrogens (tertiary/aromatic N) is 3. The first-order chi connectivity index (χ1) is 7.90. The summed E-state index contributed by atoms with van der Waals surface area (Å²) in [5, 5.41) is 15.3. The molecule has 0 amide bonds. The van der Waals surface area contributed by atoms with Crippen LogP contribution < -0.4 is 10.6 Å². The normalized spacial score (nSPS) is 19.3. The van der Waals surface area contributed by atoms with Crippen LogP contribution in [0.1, 0.15) is 18.5 Å². The van der Waals surface area contributed by atoms with E-state index in [1.165, 1.54) is 12.6 Å². The number of aromatic nitrogens is 2. The molecule has 0 radical (unpaired) electrons. The van der Waals surface area contributed by atoms with Gasteiger partial charge in [-0.1, -0.05) is 0 Å². The molecule has 2 N–H and O–H groups in total. The molecule has 1 unspecified atom stereocenters. The minimum absolute atomic E-state index is 0.368. The van der Waals surface area contributed by atoms with Crippen molar-refractivity contribution in [2.24, 2.45) is 5.92 Å². The van der Waals surface area contributed by atoms with Gasteiger partial charge < -0.3 is 10.6 Å². The molecule has 0 aromatic carbocycles. The first-order valence-electron chi connectivity index (χ1n) is 5.56. The molecule has 16 heavy (non-hydrogen) atoms. The van der Waals surface area contributed by atoms with Crippen molar-refractivity contribution in [2.45, 2.75) is 12.8 Å². The Balaban J connectivity index is 1.82. The first-order valence-corrected chi connectivity index (χ1v) is 5.56. The Bertz CT molecular complexity index is 378. The van der Waals surface area contributed by atoms with E-state index in [0.29, 0.717) is 11.5 Å². The van der Waals surface area contributed by atoms with Gasteiger partial charge in [-0.05, 0) is 31.8 Å². The summed E-state index contributed by atoms with van der Waals surface area (Å²) in [6.45, 7) is 3.08. The number of hydrogen-bond acceptors (Lipinski definition) is 5. The van der Waals surface area contributed by atoms with E-state index in [-0.39, 0.29) is 0 Å². The molecular weight excluding hydrogens is 202 g/mol. The highest BCUT2D eigenvalue weighted by molar-refractivity contribution is 5.46. The van der Waals surface area contributed by atoms with Crippen LogP contribution in [0.4, 0.5) is 5.82 Å². The van der Waals surface area contributed by atoms with Crippen molar-refractivity contribution in [3.05, 3.63) is 18.1 Å². The minimum atomic E-state index is 0.368. The molecule has 0 spiro atoms. The Morgan fingerprint density at radius 1 is 1.50 bits per heavy atom. The molecule has 0 saturated carbocycles. The van der Waals surface area contributed by atoms with E-state index in [4.69, 9.17) is 5.26 Å². The number of nitriles is 1. The Morgan fingerprint density at radius 2 is 2.38 bits per heavy atom. The third kappa shape index (κ3) is 2.67. The van der Waals surface area contributed by atoms with E-state index in [2.05, 4.69) is 20.6 Å². The summed E-state index contributed by atoms with van der Waals surface area (Å²) in [7, 11) is 0. The van der Waals surface area contributed by atoms with Crippen LogP contribution in [0.25, 0.3) is 0 Å². The van der Waals surface area contributed by atoms with Gasteiger partial charge in [-0.15, -0.1) is 0 Å². The van der Waals surface area contributed by atoms with Crippen LogP contribution in [0.3, 0.4) is 0 Å². The molecular formula is C11H15N5. The molecule has 1 aromatic heterocycles. The van der Waals surface area contributed by atoms with Crippen molar-refractivity contribution in [3.8, 4) is 6.07 Å². The molecule has 1 saturated heterocycles. The Labute approximate surface area is 94.9 Å². The molecule has 5 heteroatoms. The zero-order valence-corrected chi connectivity index (χ0v) is 9.11. The average Bonchev–Trinajstić information content (AvgIpc) is 2.83. The van der Waals surface area contributed by atoms with Gasteiger partial charge in [-0.2, -0.15) is 5.26 Å². The quantitative estimate of drug-likeness (QED) is 0.779. The molecule has 84 valence electrons. The fourth-order valence-electron chi connectivity index (χ4n) is 1.90. The van der Waals surface area contributed by atoms with Gasteiger partial charge >= 0.3 is 0 Å². The lowest BCUT2D eigenvalue weighted by molar-refractivity contribution is 0.549. The molecule has 1 aromatic rings. The van der Waals surface area contributed by atoms with Crippen LogP contribution >= 0.6 is 0 Å². The summed E-state index contributed by atoms with van der Waals surface area (Å²) in [6.07, 6.45) is 5.48. The second-order valence-corrected chi connectivity index (χ2v) is 3.94. The lowest BCUT2D eigenvalue weighted by Crippen LogP contribution is -2.13. The van der Waals surface area contributed by atoms with Gasteiger partial charge in [0.1, 0.15) is 6.07 Å². The van der Waals surface area contributed by atoms with E-state index in [9.17, 15) is 0 Å². The van der Waals surface area contributed by atoms with Crippen molar-refractivity contribution in [3.63, 3.8) is 0 Å². The first kappa shape index (κ1) is 10.8. The van der Waals surface area contributed by atoms with Gasteiger partial charge in [-0.25, -0.2) is 9.97 Å². The highest BCUT2D eigenvalue weighted by atomic mass is 15.0. The predicted octanol–water partition coefficient (Wildman–Crippen LogP) is 0.760. The molecule has 1 aliphatic heterocycles. The fourth-order valence-corrected chi connectivity index (χ4v) is 1.90. The zero-order chi connectivity index (χ0) is 11.2. The molecule has 0 bridgehead atoms. The second-order valence-electron chi connectivity index (χ2n) is 3.94. The topological polar surface area (TPSA) is 73.6 Å². The number of hydrogen-bond donors (Lipinski definition) is 2. The second kappa shape index (κ2) is 5.42. The molecule has 5 nitrogen and oxygen atoms in total. The third-order valence-corrected chi connectivity index (χ3v) is 2.81. The van der Waals surface area contributed by atoms with Gasteiger partial charge in [0.15, 0.2) is 11.5 Å². The zero-order valence-electron chi connectivity index (χ0n) is 9.11. The number of rotatable bonds is 4. The van der Waals surface area contributed by atoms with Gasteiger partial charge in [0.05, 0.1) is 0 Å². The SMILES string of the molecule is N#Cc1nccnc1NCCC1CCNC1. The van der Waals surface area contributed by atoms with Crippen molar-refractivity contribution >= 4 is 5.82 Å². The lowest BCUT2D eigenvalue weighted by Gasteiger charge is -2.09. The Kier molecular flexibility index (Phi) is 3.67. The summed E-state index contributed by atoms with van der Waals surface area (Å²) < 4.78 is 0. The van der Waals surface area contributed by atoms with Gasteiger partial charge in [0, 0.05) is 18.9 Å². The monoisotopic (exact) mass is 217 g/mol. The largest absolute Gasteiger partial charge is 0.368 e. The summed E-state index contributed by atoms with van der Waals surface area (Å²) in [6, 6.07) is 2.03. The minimum Gasteiger partial charge on any atom is -0.368 e. The molecule has 2 heterocycles. The molecule has 1 fully saturated rings. The van der Waals surface area contributed by atoms with Crippen LogP contribution in [-0.4, -0.2) is 29.6 Å². The van der Waals surface area contributed by atoms with Gasteiger partial charge in [0.25, 0.3) is 0 Å². The van der Waals surface area contributed by atoms with Crippen molar-refractivity contribution in [2.75, 3.05) is 25.0 Å². The third-order valence-electron chi connectivity index (χ3n) is 2.81. The fraction of sp³-hybridized carbons (Fsp3) is 0.545. The van der Waals surface area contributed by atoms with E-state index >= 15 is 0 Å². The molecule has 0 aliphatic carbocycles. The van der Waals surface area contributed by atoms with Crippen molar-refractivity contribution in [1.29, 1.82) is 5.26 Å². The Hall–Kier alpha value is -1.67. The van der Waals surface area contributed by atoms with Gasteiger partial charge in [-0.3, -0.25) is 0 Å². The van der Waals surface area contributed by atoms with Crippen LogP contribution in [0.15, 0.2) is 12.4 Å². The maximum absolute atomic E-state index is 8.83. The lowest BCUT2D eigenvalue weighted by atomic mass is 10.1. The molecule has 1 atom stereocenters. The number of anilines is 1. The average molecular weight is 217 g/mol. The van der Waals surface area contributed by atoms with Crippen molar-refractivity contribution < 1.29 is 0 Å². The maximum Gasteiger partial charge on any atom is 0.182 e. The summed E-state index contributed by atoms with van der Waals surface area (Å²) in [4.78, 5) is 8.05. The predicted molar refractivity (Wildman–Crippen MR) is 60.8 cm³/mol. The standard InChI is InChI=1S/C11H15N5/c12-7-10-11(16-6-5-14-10)15-4-2-9-1-3-13-8-9/h5-6,9,13H,1-4,8H2,(H,15,16). The van der Waals surface area contributed by atoms with Crippen LogP contribution in [-0.2, 0) is 0 Å². The molecule has 2 rings (SSSR count). The van der Waals surface area contributed by atoms with Gasteiger partial charge in [0.2, 0.25) is 0 Å². The van der Waals surface area contributed by atoms with Crippen LogP contribution in [0.2, 0.25) is 0 Å². The summed E-state index contributed by atoms with van der Waals surface area (Å²) >= 11 is 0. The van der Waals surface area contributed by atoms with E-state index in [1.54, 1.807) is 6.20 Å². The Morgan fingerprint density at radius 3 is 3.12 bits per heavy atom. The van der Waals surface area contributed by atoms with E-state index < -0.39 is 0 Å².